The van der Waals surface area contributed by atoms with E-state index in [1.165, 1.54) is 57.8 Å². The molecule has 0 spiro atoms. The summed E-state index contributed by atoms with van der Waals surface area (Å²) in [4.78, 5) is 35.0. The highest BCUT2D eigenvalue weighted by Crippen LogP contribution is 2.43. The minimum atomic E-state index is -4.63. The Morgan fingerprint density at radius 1 is 0.544 bits per heavy atom. The molecule has 0 radical (unpaired) electrons. The van der Waals surface area contributed by atoms with Gasteiger partial charge in [0.15, 0.2) is 6.10 Å². The summed E-state index contributed by atoms with van der Waals surface area (Å²) in [5.74, 6) is -0.952. The third-order valence-electron chi connectivity index (χ3n) is 9.16. The Balaban J connectivity index is 4.29. The van der Waals surface area contributed by atoms with Gasteiger partial charge < -0.3 is 24.6 Å². The molecule has 0 aliphatic rings. The van der Waals surface area contributed by atoms with E-state index in [0.717, 1.165) is 83.5 Å². The number of carbonyl (C=O) groups is 2. The number of phosphoric acid groups is 1. The van der Waals surface area contributed by atoms with Crippen molar-refractivity contribution in [2.75, 3.05) is 26.4 Å². The van der Waals surface area contributed by atoms with E-state index in [1.54, 1.807) is 0 Å². The van der Waals surface area contributed by atoms with Crippen LogP contribution < -0.4 is 0 Å². The van der Waals surface area contributed by atoms with Gasteiger partial charge in [-0.15, -0.1) is 0 Å². The number of phosphoric ester groups is 1. The Morgan fingerprint density at radius 2 is 0.965 bits per heavy atom. The second kappa shape index (κ2) is 41.8. The Hall–Kier alpha value is -2.33. The summed E-state index contributed by atoms with van der Waals surface area (Å²) in [5, 5.41) is 18.3. The average molecular weight is 825 g/mol. The molecule has 0 aliphatic carbocycles. The van der Waals surface area contributed by atoms with Crippen LogP contribution in [0.25, 0.3) is 0 Å². The number of hydrogen-bond donors (Lipinski definition) is 3. The average Bonchev–Trinajstić information content (AvgIpc) is 3.20. The number of ether oxygens (including phenoxy) is 2. The van der Waals surface area contributed by atoms with Crippen LogP contribution in [0.2, 0.25) is 0 Å². The van der Waals surface area contributed by atoms with Gasteiger partial charge in [0.05, 0.1) is 19.8 Å². The normalized spacial score (nSPS) is 14.4. The zero-order valence-electron chi connectivity index (χ0n) is 35.8. The van der Waals surface area contributed by atoms with E-state index >= 15 is 0 Å². The van der Waals surface area contributed by atoms with Crippen LogP contribution >= 0.6 is 7.82 Å². The van der Waals surface area contributed by atoms with Crippen molar-refractivity contribution in [1.82, 2.24) is 0 Å². The fourth-order valence-electron chi connectivity index (χ4n) is 5.74. The van der Waals surface area contributed by atoms with Crippen LogP contribution in [-0.2, 0) is 32.7 Å². The number of carbonyl (C=O) groups excluding carboxylic acids is 2. The smallest absolute Gasteiger partial charge is 0.462 e. The van der Waals surface area contributed by atoms with E-state index in [4.69, 9.17) is 19.1 Å². The van der Waals surface area contributed by atoms with Gasteiger partial charge in [0, 0.05) is 12.8 Å². The van der Waals surface area contributed by atoms with Gasteiger partial charge >= 0.3 is 19.8 Å². The van der Waals surface area contributed by atoms with Crippen molar-refractivity contribution in [2.24, 2.45) is 0 Å². The summed E-state index contributed by atoms with van der Waals surface area (Å²) >= 11 is 0. The van der Waals surface area contributed by atoms with Crippen molar-refractivity contribution in [3.63, 3.8) is 0 Å². The lowest BCUT2D eigenvalue weighted by molar-refractivity contribution is -0.161. The number of allylic oxidation sites excluding steroid dienone is 10. The molecular weight excluding hydrogens is 743 g/mol. The van der Waals surface area contributed by atoms with Crippen LogP contribution in [0.15, 0.2) is 60.8 Å². The number of rotatable bonds is 41. The van der Waals surface area contributed by atoms with E-state index in [2.05, 4.69) is 79.1 Å². The third-order valence-corrected chi connectivity index (χ3v) is 10.1. The minimum Gasteiger partial charge on any atom is -0.462 e. The summed E-state index contributed by atoms with van der Waals surface area (Å²) in [6.45, 7) is 2.22. The van der Waals surface area contributed by atoms with Crippen molar-refractivity contribution in [3.05, 3.63) is 60.8 Å². The standard InChI is InChI=1S/C46H81O10P/c1-3-5-7-9-11-13-15-17-19-20-21-22-24-25-27-29-31-33-35-37-45(49)53-41-44(42-55-57(51,52)54-40-43(48)39-47)56-46(50)38-36-34-32-30-28-26-23-18-16-14-12-10-8-6-4-2/h6,8,11-14,17-19,23,43-44,47-48H,3-5,7,9-10,15-16,20-22,24-42H2,1-2H3,(H,51,52)/b8-6-,13-11-,14-12-,19-17-,23-18-/t43-,44+/m0/s1. The summed E-state index contributed by atoms with van der Waals surface area (Å²) in [7, 11) is -4.63. The highest BCUT2D eigenvalue weighted by atomic mass is 31.2. The first kappa shape index (κ1) is 54.7. The second-order valence-corrected chi connectivity index (χ2v) is 16.1. The monoisotopic (exact) mass is 825 g/mol. The molecular formula is C46H81O10P. The largest absolute Gasteiger partial charge is 0.472 e. The van der Waals surface area contributed by atoms with E-state index in [-0.39, 0.29) is 19.4 Å². The molecule has 0 aromatic rings. The molecule has 11 heteroatoms. The Bertz CT molecular complexity index is 1130. The number of esters is 2. The van der Waals surface area contributed by atoms with Gasteiger partial charge in [-0.05, 0) is 77.0 Å². The zero-order chi connectivity index (χ0) is 41.9. The van der Waals surface area contributed by atoms with Crippen molar-refractivity contribution in [3.8, 4) is 0 Å². The van der Waals surface area contributed by atoms with Gasteiger partial charge in [0.25, 0.3) is 0 Å². The van der Waals surface area contributed by atoms with Crippen LogP contribution in [-0.4, -0.2) is 65.7 Å². The molecule has 0 aromatic carbocycles. The highest BCUT2D eigenvalue weighted by molar-refractivity contribution is 7.47. The van der Waals surface area contributed by atoms with E-state index in [0.29, 0.717) is 12.8 Å². The molecule has 0 aromatic heterocycles. The first-order valence-electron chi connectivity index (χ1n) is 22.2. The minimum absolute atomic E-state index is 0.162. The molecule has 0 saturated carbocycles. The van der Waals surface area contributed by atoms with Crippen LogP contribution in [0.5, 0.6) is 0 Å². The lowest BCUT2D eigenvalue weighted by Gasteiger charge is -2.20. The fourth-order valence-corrected chi connectivity index (χ4v) is 6.53. The molecule has 0 heterocycles. The first-order chi connectivity index (χ1) is 27.7. The molecule has 3 N–H and O–H groups in total. The van der Waals surface area contributed by atoms with Crippen molar-refractivity contribution < 1.29 is 47.8 Å². The molecule has 3 atom stereocenters. The van der Waals surface area contributed by atoms with Crippen molar-refractivity contribution >= 4 is 19.8 Å². The molecule has 0 saturated heterocycles. The summed E-state index contributed by atoms with van der Waals surface area (Å²) in [5.41, 5.74) is 0. The number of unbranched alkanes of at least 4 members (excludes halogenated alkanes) is 17. The molecule has 0 rings (SSSR count). The van der Waals surface area contributed by atoms with Crippen LogP contribution in [0.1, 0.15) is 181 Å². The Morgan fingerprint density at radius 3 is 1.46 bits per heavy atom. The maximum atomic E-state index is 12.6. The Labute approximate surface area is 346 Å². The third kappa shape index (κ3) is 41.6. The summed E-state index contributed by atoms with van der Waals surface area (Å²) < 4.78 is 32.7. The topological polar surface area (TPSA) is 149 Å². The molecule has 57 heavy (non-hydrogen) atoms. The predicted octanol–water partition coefficient (Wildman–Crippen LogP) is 11.9. The molecule has 330 valence electrons. The van der Waals surface area contributed by atoms with Crippen LogP contribution in [0.3, 0.4) is 0 Å². The van der Waals surface area contributed by atoms with Crippen LogP contribution in [0, 0.1) is 0 Å². The van der Waals surface area contributed by atoms with Crippen molar-refractivity contribution in [2.45, 2.75) is 193 Å². The lowest BCUT2D eigenvalue weighted by Crippen LogP contribution is -2.29. The maximum Gasteiger partial charge on any atom is 0.472 e. The quantitative estimate of drug-likeness (QED) is 0.0235. The molecule has 10 nitrogen and oxygen atoms in total. The highest BCUT2D eigenvalue weighted by Gasteiger charge is 2.27. The van der Waals surface area contributed by atoms with Gasteiger partial charge in [-0.25, -0.2) is 4.57 Å². The van der Waals surface area contributed by atoms with Crippen LogP contribution in [0.4, 0.5) is 0 Å². The number of aliphatic hydroxyl groups is 2. The van der Waals surface area contributed by atoms with E-state index < -0.39 is 51.8 Å². The SMILES string of the molecule is CC/C=C\C/C=C\C/C=C\CCCCCCCC(=O)O[C@H](COC(=O)CCCCCCCCCCC/C=C\C/C=C\CCCCC)COP(=O)(O)OC[C@@H](O)CO. The van der Waals surface area contributed by atoms with E-state index in [9.17, 15) is 24.2 Å². The second-order valence-electron chi connectivity index (χ2n) is 14.7. The van der Waals surface area contributed by atoms with E-state index in [1.807, 2.05) is 0 Å². The fraction of sp³-hybridized carbons (Fsp3) is 0.739. The first-order valence-corrected chi connectivity index (χ1v) is 23.7. The Kier molecular flexibility index (Phi) is 40.1. The van der Waals surface area contributed by atoms with Gasteiger partial charge in [-0.2, -0.15) is 0 Å². The molecule has 0 bridgehead atoms. The predicted molar refractivity (Wildman–Crippen MR) is 233 cm³/mol. The van der Waals surface area contributed by atoms with Gasteiger partial charge in [-0.1, -0.05) is 152 Å². The van der Waals surface area contributed by atoms with Gasteiger partial charge in [-0.3, -0.25) is 18.6 Å². The molecule has 1 unspecified atom stereocenters. The maximum absolute atomic E-state index is 12.6. The number of hydrogen-bond acceptors (Lipinski definition) is 9. The molecule has 0 aliphatic heterocycles. The molecule has 0 amide bonds. The number of aliphatic hydroxyl groups excluding tert-OH is 2. The van der Waals surface area contributed by atoms with Crippen molar-refractivity contribution in [1.29, 1.82) is 0 Å². The summed E-state index contributed by atoms with van der Waals surface area (Å²) in [6.07, 6.45) is 46.1. The van der Waals surface area contributed by atoms with Gasteiger partial charge in [0.2, 0.25) is 0 Å². The van der Waals surface area contributed by atoms with Gasteiger partial charge in [0.1, 0.15) is 12.7 Å². The lowest BCUT2D eigenvalue weighted by atomic mass is 10.1. The molecule has 0 fully saturated rings. The summed E-state index contributed by atoms with van der Waals surface area (Å²) in [6, 6.07) is 0. The zero-order valence-corrected chi connectivity index (χ0v) is 36.7.